The first-order valence-electron chi connectivity index (χ1n) is 9.47. The molecule has 1 saturated carbocycles. The quantitative estimate of drug-likeness (QED) is 0.856. The summed E-state index contributed by atoms with van der Waals surface area (Å²) in [6.07, 6.45) is 11.3. The average Bonchev–Trinajstić information content (AvgIpc) is 3.06. The van der Waals surface area contributed by atoms with Gasteiger partial charge in [-0.3, -0.25) is 9.48 Å². The van der Waals surface area contributed by atoms with Crippen LogP contribution in [-0.4, -0.2) is 39.5 Å². The Kier molecular flexibility index (Phi) is 4.22. The lowest BCUT2D eigenvalue weighted by molar-refractivity contribution is -0.148. The van der Waals surface area contributed by atoms with Gasteiger partial charge >= 0.3 is 0 Å². The standard InChI is InChI=1S/C21H24N6O/c1-4-23-18-17(5-10-24-18)15(2)16-11-25-27(12-16)21(8-9-22)13-26(14-21)19(28)20(3)6-7-20/h4-5,10-12H,1,6-8,13-14H2,2-3H3,(H,23,24)/b17-15+. The minimum Gasteiger partial charge on any atom is -0.347 e. The molecule has 3 aliphatic rings. The van der Waals surface area contributed by atoms with Gasteiger partial charge in [0.05, 0.1) is 18.7 Å². The van der Waals surface area contributed by atoms with E-state index in [0.29, 0.717) is 19.5 Å². The normalized spacial score (nSPS) is 22.8. The molecule has 7 nitrogen and oxygen atoms in total. The topological polar surface area (TPSA) is 86.3 Å². The van der Waals surface area contributed by atoms with Crippen LogP contribution in [0.3, 0.4) is 0 Å². The monoisotopic (exact) mass is 376 g/mol. The fourth-order valence-electron chi connectivity index (χ4n) is 3.86. The second-order valence-corrected chi connectivity index (χ2v) is 8.14. The minimum absolute atomic E-state index is 0.183. The highest BCUT2D eigenvalue weighted by atomic mass is 16.2. The van der Waals surface area contributed by atoms with Crippen molar-refractivity contribution in [3.63, 3.8) is 0 Å². The van der Waals surface area contributed by atoms with E-state index in [1.807, 2.05) is 41.9 Å². The Hall–Kier alpha value is -3.14. The maximum absolute atomic E-state index is 12.6. The zero-order chi connectivity index (χ0) is 19.9. The van der Waals surface area contributed by atoms with Crippen LogP contribution < -0.4 is 5.32 Å². The van der Waals surface area contributed by atoms with Gasteiger partial charge in [-0.05, 0) is 37.6 Å². The highest BCUT2D eigenvalue weighted by Gasteiger charge is 2.54. The Bertz CT molecular complexity index is 963. The van der Waals surface area contributed by atoms with E-state index < -0.39 is 5.54 Å². The van der Waals surface area contributed by atoms with E-state index in [-0.39, 0.29) is 11.3 Å². The maximum atomic E-state index is 12.6. The lowest BCUT2D eigenvalue weighted by Gasteiger charge is -2.49. The van der Waals surface area contributed by atoms with Gasteiger partial charge in [0.1, 0.15) is 11.4 Å². The summed E-state index contributed by atoms with van der Waals surface area (Å²) in [6, 6.07) is 2.28. The predicted octanol–water partition coefficient (Wildman–Crippen LogP) is 2.57. The van der Waals surface area contributed by atoms with Crippen molar-refractivity contribution in [2.24, 2.45) is 10.4 Å². The van der Waals surface area contributed by atoms with Crippen LogP contribution in [0.2, 0.25) is 0 Å². The molecule has 0 atom stereocenters. The van der Waals surface area contributed by atoms with Gasteiger partial charge in [-0.15, -0.1) is 0 Å². The summed E-state index contributed by atoms with van der Waals surface area (Å²) < 4.78 is 1.87. The summed E-state index contributed by atoms with van der Waals surface area (Å²) in [7, 11) is 0. The molecule has 3 heterocycles. The number of nitriles is 1. The SMILES string of the molecule is C=CNC1=NC=C/C1=C(/C)c1cnn(C2(CC#N)CN(C(=O)C3(C)CC3)C2)c1. The van der Waals surface area contributed by atoms with Crippen molar-refractivity contribution in [2.75, 3.05) is 13.1 Å². The third-order valence-corrected chi connectivity index (χ3v) is 6.03. The first-order chi connectivity index (χ1) is 13.4. The number of allylic oxidation sites excluding steroid dienone is 1. The summed E-state index contributed by atoms with van der Waals surface area (Å²) in [4.78, 5) is 18.8. The Balaban J connectivity index is 1.57. The fourth-order valence-corrected chi connectivity index (χ4v) is 3.86. The zero-order valence-electron chi connectivity index (χ0n) is 16.3. The van der Waals surface area contributed by atoms with Crippen LogP contribution in [0, 0.1) is 16.7 Å². The van der Waals surface area contributed by atoms with Gasteiger partial charge in [-0.2, -0.15) is 10.4 Å². The smallest absolute Gasteiger partial charge is 0.228 e. The van der Waals surface area contributed by atoms with E-state index in [9.17, 15) is 10.1 Å². The predicted molar refractivity (Wildman–Crippen MR) is 107 cm³/mol. The van der Waals surface area contributed by atoms with Gasteiger partial charge in [0, 0.05) is 42.0 Å². The molecule has 0 radical (unpaired) electrons. The van der Waals surface area contributed by atoms with Gasteiger partial charge in [0.2, 0.25) is 5.91 Å². The first-order valence-corrected chi connectivity index (χ1v) is 9.47. The summed E-state index contributed by atoms with van der Waals surface area (Å²) >= 11 is 0. The number of amides is 1. The number of nitrogens with one attached hydrogen (secondary N) is 1. The molecule has 0 aromatic carbocycles. The fraction of sp³-hybridized carbons (Fsp3) is 0.429. The van der Waals surface area contributed by atoms with Crippen molar-refractivity contribution in [1.29, 1.82) is 5.26 Å². The highest BCUT2D eigenvalue weighted by molar-refractivity contribution is 6.09. The average molecular weight is 376 g/mol. The van der Waals surface area contributed by atoms with Gasteiger partial charge in [0.15, 0.2) is 0 Å². The highest BCUT2D eigenvalue weighted by Crippen LogP contribution is 2.48. The lowest BCUT2D eigenvalue weighted by Crippen LogP contribution is -2.65. The number of hydrogen-bond donors (Lipinski definition) is 1. The van der Waals surface area contributed by atoms with Crippen molar-refractivity contribution in [1.82, 2.24) is 20.0 Å². The van der Waals surface area contributed by atoms with E-state index >= 15 is 0 Å². The summed E-state index contributed by atoms with van der Waals surface area (Å²) in [5, 5.41) is 17.0. The molecule has 1 aromatic rings. The van der Waals surface area contributed by atoms with E-state index in [1.165, 1.54) is 0 Å². The minimum atomic E-state index is -0.444. The number of rotatable bonds is 5. The number of carbonyl (C=O) groups is 1. The number of carbonyl (C=O) groups excluding carboxylic acids is 1. The van der Waals surface area contributed by atoms with Crippen LogP contribution in [0.15, 0.2) is 48.0 Å². The summed E-state index contributed by atoms with van der Waals surface area (Å²) in [5.74, 6) is 0.962. The molecule has 1 aliphatic carbocycles. The molecular weight excluding hydrogens is 352 g/mol. The third-order valence-electron chi connectivity index (χ3n) is 6.03. The molecule has 0 bridgehead atoms. The molecule has 4 rings (SSSR count). The molecule has 1 saturated heterocycles. The van der Waals surface area contributed by atoms with Crippen LogP contribution in [0.4, 0.5) is 0 Å². The molecule has 28 heavy (non-hydrogen) atoms. The molecule has 1 amide bonds. The Morgan fingerprint density at radius 1 is 1.46 bits per heavy atom. The van der Waals surface area contributed by atoms with Crippen LogP contribution in [0.1, 0.15) is 38.7 Å². The molecule has 1 aromatic heterocycles. The van der Waals surface area contributed by atoms with Gasteiger partial charge in [-0.25, -0.2) is 4.99 Å². The molecule has 1 N–H and O–H groups in total. The van der Waals surface area contributed by atoms with Crippen molar-refractivity contribution in [3.8, 4) is 6.07 Å². The van der Waals surface area contributed by atoms with E-state index in [1.54, 1.807) is 12.4 Å². The Morgan fingerprint density at radius 3 is 2.86 bits per heavy atom. The molecule has 0 unspecified atom stereocenters. The summed E-state index contributed by atoms with van der Waals surface area (Å²) in [6.45, 7) is 8.81. The molecule has 2 fully saturated rings. The summed E-state index contributed by atoms with van der Waals surface area (Å²) in [5.41, 5.74) is 2.37. The molecular formula is C21H24N6O. The number of amidine groups is 1. The van der Waals surface area contributed by atoms with Gasteiger partial charge in [-0.1, -0.05) is 13.5 Å². The Morgan fingerprint density at radius 2 is 2.21 bits per heavy atom. The van der Waals surface area contributed by atoms with Crippen molar-refractivity contribution in [2.45, 2.75) is 38.6 Å². The Labute approximate surface area is 164 Å². The van der Waals surface area contributed by atoms with Crippen LogP contribution >= 0.6 is 0 Å². The lowest BCUT2D eigenvalue weighted by atomic mass is 9.85. The van der Waals surface area contributed by atoms with Crippen molar-refractivity contribution >= 4 is 17.3 Å². The number of likely N-dealkylation sites (tertiary alicyclic amines) is 1. The van der Waals surface area contributed by atoms with E-state index in [0.717, 1.165) is 35.4 Å². The van der Waals surface area contributed by atoms with Crippen LogP contribution in [0.25, 0.3) is 5.57 Å². The van der Waals surface area contributed by atoms with E-state index in [2.05, 4.69) is 28.1 Å². The van der Waals surface area contributed by atoms with Gasteiger partial charge in [0.25, 0.3) is 0 Å². The third kappa shape index (κ3) is 2.85. The second kappa shape index (κ2) is 6.48. The zero-order valence-corrected chi connectivity index (χ0v) is 16.3. The molecule has 0 spiro atoms. The van der Waals surface area contributed by atoms with Crippen molar-refractivity contribution in [3.05, 3.63) is 48.6 Å². The maximum Gasteiger partial charge on any atom is 0.228 e. The van der Waals surface area contributed by atoms with Crippen LogP contribution in [-0.2, 0) is 10.3 Å². The first kappa shape index (κ1) is 18.2. The molecule has 2 aliphatic heterocycles. The number of aliphatic imine (C=N–C) groups is 1. The molecule has 7 heteroatoms. The van der Waals surface area contributed by atoms with E-state index in [4.69, 9.17) is 0 Å². The second-order valence-electron chi connectivity index (χ2n) is 8.14. The van der Waals surface area contributed by atoms with Gasteiger partial charge < -0.3 is 10.2 Å². The number of hydrogen-bond acceptors (Lipinski definition) is 5. The number of nitrogens with zero attached hydrogens (tertiary/aromatic N) is 5. The van der Waals surface area contributed by atoms with Crippen LogP contribution in [0.5, 0.6) is 0 Å². The van der Waals surface area contributed by atoms with Crippen molar-refractivity contribution < 1.29 is 4.79 Å². The number of aromatic nitrogens is 2. The molecule has 144 valence electrons. The largest absolute Gasteiger partial charge is 0.347 e.